The Morgan fingerprint density at radius 1 is 1.58 bits per heavy atom. The molecule has 0 aliphatic rings. The maximum Gasteiger partial charge on any atom is 0.694 e. The highest BCUT2D eigenvalue weighted by atomic mass is 31.1. The van der Waals surface area contributed by atoms with Crippen molar-refractivity contribution in [3.8, 4) is 0 Å². The second kappa shape index (κ2) is 13.5. The molecule has 0 aliphatic carbocycles. The molecule has 0 aromatic rings. The lowest BCUT2D eigenvalue weighted by molar-refractivity contribution is 0.146. The van der Waals surface area contributed by atoms with Crippen LogP contribution in [0.3, 0.4) is 0 Å². The van der Waals surface area contributed by atoms with E-state index in [4.69, 9.17) is 15.4 Å². The molecule has 5 nitrogen and oxygen atoms in total. The first-order valence-electron chi connectivity index (χ1n) is 3.67. The third kappa shape index (κ3) is 22.5. The summed E-state index contributed by atoms with van der Waals surface area (Å²) in [5.74, 6) is 0. The molecule has 0 spiro atoms. The van der Waals surface area contributed by atoms with Gasteiger partial charge in [-0.1, -0.05) is 0 Å². The van der Waals surface area contributed by atoms with Crippen LogP contribution in [0.4, 0.5) is 0 Å². The lowest BCUT2D eigenvalue weighted by Crippen LogP contribution is -2.03. The van der Waals surface area contributed by atoms with Crippen LogP contribution in [0.5, 0.6) is 0 Å². The van der Waals surface area contributed by atoms with Crippen LogP contribution >= 0.6 is 8.25 Å². The fraction of sp³-hybridized carbons (Fsp3) is 1.00. The van der Waals surface area contributed by atoms with Crippen LogP contribution in [-0.4, -0.2) is 31.8 Å². The van der Waals surface area contributed by atoms with E-state index in [2.05, 4.69) is 4.52 Å². The van der Waals surface area contributed by atoms with Crippen LogP contribution in [0.2, 0.25) is 0 Å². The molecule has 0 amide bonds. The molecule has 0 aliphatic heterocycles. The van der Waals surface area contributed by atoms with Crippen molar-refractivity contribution in [1.29, 1.82) is 0 Å². The van der Waals surface area contributed by atoms with Gasteiger partial charge in [0.15, 0.2) is 0 Å². The van der Waals surface area contributed by atoms with Crippen molar-refractivity contribution < 1.29 is 18.7 Å². The summed E-state index contributed by atoms with van der Waals surface area (Å²) in [5, 5.41) is 0. The van der Waals surface area contributed by atoms with E-state index in [1.165, 1.54) is 7.11 Å². The van der Waals surface area contributed by atoms with E-state index in [0.29, 0.717) is 0 Å². The summed E-state index contributed by atoms with van der Waals surface area (Å²) in [5.41, 5.74) is 5.19. The van der Waals surface area contributed by atoms with Gasteiger partial charge in [0.1, 0.15) is 0 Å². The monoisotopic (exact) mass is 198 g/mol. The van der Waals surface area contributed by atoms with Crippen molar-refractivity contribution in [2.45, 2.75) is 13.3 Å². The van der Waals surface area contributed by atoms with Crippen molar-refractivity contribution in [2.24, 2.45) is 5.73 Å². The Morgan fingerprint density at radius 3 is 2.33 bits per heavy atom. The molecule has 0 fully saturated rings. The number of hydrogen-bond acceptors (Lipinski definition) is 4. The zero-order valence-electron chi connectivity index (χ0n) is 7.52. The average Bonchev–Trinajstić information content (AvgIpc) is 2.07. The van der Waals surface area contributed by atoms with Crippen LogP contribution in [0.1, 0.15) is 13.3 Å². The zero-order chi connectivity index (χ0) is 9.82. The van der Waals surface area contributed by atoms with Gasteiger partial charge in [-0.05, 0) is 19.9 Å². The molecule has 0 radical (unpaired) electrons. The summed E-state index contributed by atoms with van der Waals surface area (Å²) in [6, 6.07) is 0. The maximum atomic E-state index is 9.29. The Bertz CT molecular complexity index is 97.5. The van der Waals surface area contributed by atoms with Gasteiger partial charge in [-0.2, -0.15) is 0 Å². The summed E-state index contributed by atoms with van der Waals surface area (Å²) < 4.78 is 18.1. The fourth-order valence-corrected chi connectivity index (χ4v) is 0.330. The van der Waals surface area contributed by atoms with Crippen molar-refractivity contribution in [3.63, 3.8) is 0 Å². The summed E-state index contributed by atoms with van der Waals surface area (Å²) in [4.78, 5) is 7.65. The molecule has 12 heavy (non-hydrogen) atoms. The Labute approximate surface area is 73.8 Å². The van der Waals surface area contributed by atoms with Crippen LogP contribution in [0, 0.1) is 0 Å². The van der Waals surface area contributed by atoms with Gasteiger partial charge in [-0.3, -0.25) is 0 Å². The van der Waals surface area contributed by atoms with Gasteiger partial charge in [0.25, 0.3) is 0 Å². The highest BCUT2D eigenvalue weighted by Gasteiger charge is 2.02. The van der Waals surface area contributed by atoms with E-state index in [-0.39, 0.29) is 0 Å². The maximum absolute atomic E-state index is 9.29. The van der Waals surface area contributed by atoms with E-state index in [1.54, 1.807) is 0 Å². The fourth-order valence-electron chi connectivity index (χ4n) is 0.330. The van der Waals surface area contributed by atoms with Crippen LogP contribution in [0.15, 0.2) is 0 Å². The lowest BCUT2D eigenvalue weighted by Gasteiger charge is -1.94. The van der Waals surface area contributed by atoms with E-state index in [0.717, 1.165) is 26.2 Å². The minimum atomic E-state index is -2.35. The first kappa shape index (κ1) is 14.5. The molecule has 1 atom stereocenters. The lowest BCUT2D eigenvalue weighted by atomic mass is 10.5. The van der Waals surface area contributed by atoms with Gasteiger partial charge in [0, 0.05) is 17.8 Å². The number of hydrogen-bond donors (Lipinski definition) is 2. The second-order valence-corrected chi connectivity index (χ2v) is 2.60. The molecule has 0 heterocycles. The van der Waals surface area contributed by atoms with Gasteiger partial charge < -0.3 is 10.5 Å². The highest BCUT2D eigenvalue weighted by molar-refractivity contribution is 7.32. The minimum Gasteiger partial charge on any atom is -0.382 e. The van der Waals surface area contributed by atoms with Gasteiger partial charge in [-0.25, -0.2) is 0 Å². The van der Waals surface area contributed by atoms with E-state index in [9.17, 15) is 4.57 Å². The van der Waals surface area contributed by atoms with Gasteiger partial charge in [0.05, 0.1) is 7.11 Å². The molecule has 0 aromatic heterocycles. The number of ether oxygens (including phenoxy) is 1. The standard InChI is InChI=1S/C5H13NO.CH3O3P/c1-2-7-5-3-4-6;1-4-5(2)3/h2-6H2,1H3;1H3/p+1. The molecule has 0 saturated carbocycles. The number of rotatable bonds is 5. The molecule has 0 bridgehead atoms. The van der Waals surface area contributed by atoms with E-state index in [1.807, 2.05) is 6.92 Å². The van der Waals surface area contributed by atoms with Gasteiger partial charge >= 0.3 is 8.25 Å². The molecular weight excluding hydrogens is 181 g/mol. The smallest absolute Gasteiger partial charge is 0.382 e. The Kier molecular flexibility index (Phi) is 16.3. The van der Waals surface area contributed by atoms with Gasteiger partial charge in [-0.15, -0.1) is 9.42 Å². The first-order valence-corrected chi connectivity index (χ1v) is 4.80. The van der Waals surface area contributed by atoms with Crippen LogP contribution in [-0.2, 0) is 13.8 Å². The van der Waals surface area contributed by atoms with Crippen molar-refractivity contribution in [3.05, 3.63) is 0 Å². The van der Waals surface area contributed by atoms with Crippen molar-refractivity contribution in [2.75, 3.05) is 26.9 Å². The minimum absolute atomic E-state index is 0.736. The Hall–Kier alpha value is -0.0600. The van der Waals surface area contributed by atoms with Crippen LogP contribution < -0.4 is 5.73 Å². The molecule has 0 aromatic carbocycles. The normalized spacial score (nSPS) is 10.2. The Morgan fingerprint density at radius 2 is 2.08 bits per heavy atom. The SMILES string of the molecule is CCOCCCN.CO[P+](=O)O. The molecule has 3 N–H and O–H groups in total. The molecular formula is C6H17NO4P+. The molecule has 6 heteroatoms. The zero-order valence-corrected chi connectivity index (χ0v) is 8.42. The van der Waals surface area contributed by atoms with E-state index < -0.39 is 8.25 Å². The van der Waals surface area contributed by atoms with Crippen molar-refractivity contribution >= 4 is 8.25 Å². The third-order valence-electron chi connectivity index (χ3n) is 0.853. The van der Waals surface area contributed by atoms with E-state index >= 15 is 0 Å². The summed E-state index contributed by atoms with van der Waals surface area (Å²) in [6.45, 7) is 4.34. The molecule has 0 rings (SSSR count). The largest absolute Gasteiger partial charge is 0.694 e. The highest BCUT2D eigenvalue weighted by Crippen LogP contribution is 2.09. The predicted octanol–water partition coefficient (Wildman–Crippen LogP) is 0.654. The van der Waals surface area contributed by atoms with Crippen molar-refractivity contribution in [1.82, 2.24) is 0 Å². The topological polar surface area (TPSA) is 81.8 Å². The predicted molar refractivity (Wildman–Crippen MR) is 47.0 cm³/mol. The molecule has 0 saturated heterocycles. The summed E-state index contributed by atoms with van der Waals surface area (Å²) >= 11 is 0. The quantitative estimate of drug-likeness (QED) is 0.500. The number of nitrogens with two attached hydrogens (primary N) is 1. The first-order chi connectivity index (χ1) is 5.68. The molecule has 1 unspecified atom stereocenters. The average molecular weight is 198 g/mol. The molecule has 74 valence electrons. The van der Waals surface area contributed by atoms with Gasteiger partial charge in [0.2, 0.25) is 0 Å². The third-order valence-corrected chi connectivity index (χ3v) is 1.17. The second-order valence-electron chi connectivity index (χ2n) is 1.76. The summed E-state index contributed by atoms with van der Waals surface area (Å²) in [7, 11) is -1.18. The van der Waals surface area contributed by atoms with Crippen LogP contribution in [0.25, 0.3) is 0 Å². The summed E-state index contributed by atoms with van der Waals surface area (Å²) in [6.07, 6.45) is 0.980. The Balaban J connectivity index is 0.